The summed E-state index contributed by atoms with van der Waals surface area (Å²) in [5, 5.41) is 19.9. The molecule has 4 rings (SSSR count). The molecule has 0 atom stereocenters. The van der Waals surface area contributed by atoms with Crippen molar-refractivity contribution < 1.29 is 14.5 Å². The first kappa shape index (κ1) is 21.8. The van der Waals surface area contributed by atoms with Gasteiger partial charge in [0.2, 0.25) is 0 Å². The molecule has 0 spiro atoms. The summed E-state index contributed by atoms with van der Waals surface area (Å²) >= 11 is 0. The Labute approximate surface area is 190 Å². The lowest BCUT2D eigenvalue weighted by molar-refractivity contribution is -0.385. The van der Waals surface area contributed by atoms with Gasteiger partial charge in [-0.05, 0) is 36.4 Å². The van der Waals surface area contributed by atoms with Gasteiger partial charge >= 0.3 is 0 Å². The zero-order valence-electron chi connectivity index (χ0n) is 17.8. The Hall–Kier alpha value is -4.45. The summed E-state index contributed by atoms with van der Waals surface area (Å²) in [6, 6.07) is 19.4. The Morgan fingerprint density at radius 3 is 2.42 bits per heavy atom. The highest BCUT2D eigenvalue weighted by molar-refractivity contribution is 5.94. The van der Waals surface area contributed by atoms with E-state index in [1.165, 1.54) is 12.3 Å². The number of benzene rings is 2. The van der Waals surface area contributed by atoms with Crippen molar-refractivity contribution in [2.45, 2.75) is 6.61 Å². The summed E-state index contributed by atoms with van der Waals surface area (Å²) in [4.78, 5) is 31.1. The fraction of sp³-hybridized carbons (Fsp3) is 0.208. The Kier molecular flexibility index (Phi) is 6.45. The number of nitro groups is 1. The Bertz CT molecular complexity index is 1180. The van der Waals surface area contributed by atoms with Crippen LogP contribution in [-0.4, -0.2) is 46.9 Å². The molecule has 9 heteroatoms. The predicted octanol–water partition coefficient (Wildman–Crippen LogP) is 3.40. The molecule has 1 aliphatic rings. The van der Waals surface area contributed by atoms with E-state index in [0.29, 0.717) is 48.9 Å². The molecule has 166 valence electrons. The minimum Gasteiger partial charge on any atom is -0.489 e. The molecular weight excluding hydrogens is 422 g/mol. The number of pyridine rings is 1. The SMILES string of the molecule is N#Cc1ccccc1COc1ccc(C(=O)N2CCN(c3ccc([N+](=O)[O-])cn3)CC2)cc1. The molecule has 0 saturated carbocycles. The third kappa shape index (κ3) is 5.07. The largest absolute Gasteiger partial charge is 0.489 e. The summed E-state index contributed by atoms with van der Waals surface area (Å²) in [6.45, 7) is 2.52. The van der Waals surface area contributed by atoms with Crippen molar-refractivity contribution in [3.8, 4) is 11.8 Å². The van der Waals surface area contributed by atoms with Gasteiger partial charge in [0.1, 0.15) is 24.4 Å². The van der Waals surface area contributed by atoms with Gasteiger partial charge in [-0.3, -0.25) is 14.9 Å². The number of carbonyl (C=O) groups is 1. The molecule has 0 radical (unpaired) electrons. The summed E-state index contributed by atoms with van der Waals surface area (Å²) in [6.07, 6.45) is 1.25. The van der Waals surface area contributed by atoms with Gasteiger partial charge < -0.3 is 14.5 Å². The number of ether oxygens (including phenoxy) is 1. The molecule has 9 nitrogen and oxygen atoms in total. The van der Waals surface area contributed by atoms with Crippen LogP contribution in [0.25, 0.3) is 0 Å². The van der Waals surface area contributed by atoms with Crippen LogP contribution in [0.5, 0.6) is 5.75 Å². The highest BCUT2D eigenvalue weighted by Crippen LogP contribution is 2.20. The van der Waals surface area contributed by atoms with Crippen molar-refractivity contribution in [1.82, 2.24) is 9.88 Å². The van der Waals surface area contributed by atoms with Gasteiger partial charge in [-0.1, -0.05) is 18.2 Å². The van der Waals surface area contributed by atoms with E-state index >= 15 is 0 Å². The summed E-state index contributed by atoms with van der Waals surface area (Å²) in [7, 11) is 0. The number of hydrogen-bond acceptors (Lipinski definition) is 7. The maximum atomic E-state index is 12.9. The van der Waals surface area contributed by atoms with Crippen molar-refractivity contribution in [1.29, 1.82) is 5.26 Å². The fourth-order valence-electron chi connectivity index (χ4n) is 3.60. The lowest BCUT2D eigenvalue weighted by Gasteiger charge is -2.35. The normalized spacial score (nSPS) is 13.3. The van der Waals surface area contributed by atoms with Gasteiger partial charge in [-0.25, -0.2) is 4.98 Å². The van der Waals surface area contributed by atoms with Gasteiger partial charge in [0.15, 0.2) is 0 Å². The van der Waals surface area contributed by atoms with Crippen molar-refractivity contribution in [2.75, 3.05) is 31.1 Å². The monoisotopic (exact) mass is 443 g/mol. The molecule has 33 heavy (non-hydrogen) atoms. The number of carbonyl (C=O) groups excluding carboxylic acids is 1. The maximum absolute atomic E-state index is 12.9. The summed E-state index contributed by atoms with van der Waals surface area (Å²) in [5.74, 6) is 1.22. The van der Waals surface area contributed by atoms with Crippen LogP contribution in [0.3, 0.4) is 0 Å². The quantitative estimate of drug-likeness (QED) is 0.424. The molecule has 1 fully saturated rings. The molecule has 1 aliphatic heterocycles. The molecule has 2 aromatic carbocycles. The second-order valence-corrected chi connectivity index (χ2v) is 7.49. The topological polar surface area (TPSA) is 113 Å². The molecular formula is C24H21N5O4. The van der Waals surface area contributed by atoms with Gasteiger partial charge in [-0.2, -0.15) is 5.26 Å². The Balaban J connectivity index is 1.31. The highest BCUT2D eigenvalue weighted by atomic mass is 16.6. The first-order valence-electron chi connectivity index (χ1n) is 10.4. The number of rotatable bonds is 6. The molecule has 0 unspecified atom stereocenters. The second kappa shape index (κ2) is 9.78. The standard InChI is InChI=1S/C24H21N5O4/c25-15-19-3-1-2-4-20(19)17-33-22-8-5-18(6-9-22)24(30)28-13-11-27(12-14-28)23-10-7-21(16-26-23)29(31)32/h1-10,16H,11-14,17H2. The number of amides is 1. The van der Waals surface area contributed by atoms with E-state index in [9.17, 15) is 20.2 Å². The third-order valence-corrected chi connectivity index (χ3v) is 5.47. The molecule has 0 aliphatic carbocycles. The predicted molar refractivity (Wildman–Crippen MR) is 121 cm³/mol. The van der Waals surface area contributed by atoms with Crippen LogP contribution in [0.1, 0.15) is 21.5 Å². The van der Waals surface area contributed by atoms with Crippen LogP contribution in [0.2, 0.25) is 0 Å². The van der Waals surface area contributed by atoms with Crippen molar-refractivity contribution in [3.63, 3.8) is 0 Å². The molecule has 3 aromatic rings. The Morgan fingerprint density at radius 1 is 1.06 bits per heavy atom. The maximum Gasteiger partial charge on any atom is 0.287 e. The molecule has 0 bridgehead atoms. The third-order valence-electron chi connectivity index (χ3n) is 5.47. The van der Waals surface area contributed by atoms with Crippen LogP contribution >= 0.6 is 0 Å². The summed E-state index contributed by atoms with van der Waals surface area (Å²) in [5.41, 5.74) is 1.91. The van der Waals surface area contributed by atoms with E-state index in [-0.39, 0.29) is 18.2 Å². The van der Waals surface area contributed by atoms with E-state index in [1.54, 1.807) is 41.3 Å². The molecule has 1 aromatic heterocycles. The van der Waals surface area contributed by atoms with Crippen LogP contribution in [0.4, 0.5) is 11.5 Å². The van der Waals surface area contributed by atoms with Crippen molar-refractivity contribution in [2.24, 2.45) is 0 Å². The molecule has 2 heterocycles. The van der Waals surface area contributed by atoms with E-state index in [1.807, 2.05) is 23.1 Å². The van der Waals surface area contributed by atoms with Gasteiger partial charge in [0, 0.05) is 43.4 Å². The van der Waals surface area contributed by atoms with Gasteiger partial charge in [0.25, 0.3) is 11.6 Å². The molecule has 1 saturated heterocycles. The number of anilines is 1. The van der Waals surface area contributed by atoms with Crippen LogP contribution in [-0.2, 0) is 6.61 Å². The van der Waals surface area contributed by atoms with E-state index in [2.05, 4.69) is 11.1 Å². The Morgan fingerprint density at radius 2 is 1.79 bits per heavy atom. The number of hydrogen-bond donors (Lipinski definition) is 0. The lowest BCUT2D eigenvalue weighted by Crippen LogP contribution is -2.49. The van der Waals surface area contributed by atoms with E-state index in [0.717, 1.165) is 5.56 Å². The van der Waals surface area contributed by atoms with Crippen LogP contribution in [0.15, 0.2) is 66.9 Å². The van der Waals surface area contributed by atoms with E-state index < -0.39 is 4.92 Å². The van der Waals surface area contributed by atoms with Crippen molar-refractivity contribution >= 4 is 17.4 Å². The zero-order chi connectivity index (χ0) is 23.2. The van der Waals surface area contributed by atoms with Crippen molar-refractivity contribution in [3.05, 3.63) is 93.7 Å². The average molecular weight is 443 g/mol. The second-order valence-electron chi connectivity index (χ2n) is 7.49. The lowest BCUT2D eigenvalue weighted by atomic mass is 10.1. The minimum atomic E-state index is -0.477. The molecule has 0 N–H and O–H groups in total. The first-order chi connectivity index (χ1) is 16.0. The zero-order valence-corrected chi connectivity index (χ0v) is 17.8. The molecule has 1 amide bonds. The van der Waals surface area contributed by atoms with Gasteiger partial charge in [0.05, 0.1) is 16.6 Å². The number of aromatic nitrogens is 1. The average Bonchev–Trinajstić information content (AvgIpc) is 2.87. The number of nitriles is 1. The number of nitrogens with zero attached hydrogens (tertiary/aromatic N) is 5. The van der Waals surface area contributed by atoms with Gasteiger partial charge in [-0.15, -0.1) is 0 Å². The number of piperazine rings is 1. The highest BCUT2D eigenvalue weighted by Gasteiger charge is 2.23. The van der Waals surface area contributed by atoms with Crippen LogP contribution < -0.4 is 9.64 Å². The first-order valence-corrected chi connectivity index (χ1v) is 10.4. The summed E-state index contributed by atoms with van der Waals surface area (Å²) < 4.78 is 5.77. The fourth-order valence-corrected chi connectivity index (χ4v) is 3.60. The van der Waals surface area contributed by atoms with Crippen LogP contribution in [0, 0.1) is 21.4 Å². The smallest absolute Gasteiger partial charge is 0.287 e. The minimum absolute atomic E-state index is 0.0470. The van der Waals surface area contributed by atoms with E-state index in [4.69, 9.17) is 4.74 Å².